The number of likely N-dealkylation sites (N-methyl/N-ethyl adjacent to an activating group) is 3. The van der Waals surface area contributed by atoms with Gasteiger partial charge in [0.05, 0.1) is 0 Å². The minimum Gasteiger partial charge on any atom is -0.346 e. The summed E-state index contributed by atoms with van der Waals surface area (Å²) in [5.41, 5.74) is 11.0. The Kier molecular flexibility index (Phi) is 6.56. The molecule has 6 nitrogen and oxygen atoms in total. The van der Waals surface area contributed by atoms with Crippen LogP contribution >= 0.6 is 0 Å². The monoisotopic (exact) mass is 521 g/mol. The predicted octanol–water partition coefficient (Wildman–Crippen LogP) is 5.57. The summed E-state index contributed by atoms with van der Waals surface area (Å²) >= 11 is 0. The number of nitrogens with zero attached hydrogens (tertiary/aromatic N) is 4. The van der Waals surface area contributed by atoms with Gasteiger partial charge in [0.15, 0.2) is 0 Å². The van der Waals surface area contributed by atoms with E-state index in [0.717, 1.165) is 53.8 Å². The number of carbonyl (C=O) groups is 1. The van der Waals surface area contributed by atoms with Crippen LogP contribution in [0.2, 0.25) is 0 Å². The van der Waals surface area contributed by atoms with E-state index in [1.54, 1.807) is 10.5 Å². The summed E-state index contributed by atoms with van der Waals surface area (Å²) in [4.78, 5) is 27.4. The van der Waals surface area contributed by atoms with Gasteiger partial charge in [0, 0.05) is 73.1 Å². The summed E-state index contributed by atoms with van der Waals surface area (Å²) in [6.45, 7) is 6.14. The molecule has 0 saturated carbocycles. The van der Waals surface area contributed by atoms with Gasteiger partial charge in [-0.25, -0.2) is 4.98 Å². The van der Waals surface area contributed by atoms with Crippen LogP contribution in [0.1, 0.15) is 46.8 Å². The van der Waals surface area contributed by atoms with Crippen molar-refractivity contribution in [3.8, 4) is 22.3 Å². The molecule has 3 heterocycles. The quantitative estimate of drug-likeness (QED) is 0.360. The molecule has 2 aromatic carbocycles. The molecule has 2 aromatic heterocycles. The van der Waals surface area contributed by atoms with Gasteiger partial charge in [-0.2, -0.15) is 0 Å². The highest BCUT2D eigenvalue weighted by Crippen LogP contribution is 2.45. The lowest BCUT2D eigenvalue weighted by atomic mass is 9.67. The van der Waals surface area contributed by atoms with Crippen LogP contribution in [0.15, 0.2) is 54.9 Å². The minimum atomic E-state index is 0.0457. The fourth-order valence-electron chi connectivity index (χ4n) is 6.79. The van der Waals surface area contributed by atoms with Gasteiger partial charge in [-0.3, -0.25) is 4.79 Å². The largest absolute Gasteiger partial charge is 0.346 e. The van der Waals surface area contributed by atoms with Gasteiger partial charge < -0.3 is 19.7 Å². The molecule has 0 fully saturated rings. The Hall–Kier alpha value is -3.48. The zero-order valence-corrected chi connectivity index (χ0v) is 23.8. The third kappa shape index (κ3) is 4.77. The lowest BCUT2D eigenvalue weighted by Gasteiger charge is -2.45. The number of nitrogens with one attached hydrogen (secondary N) is 1. The Morgan fingerprint density at radius 2 is 1.79 bits per heavy atom. The number of benzene rings is 2. The van der Waals surface area contributed by atoms with E-state index in [1.165, 1.54) is 29.5 Å². The fraction of sp³-hybridized carbons (Fsp3) is 0.394. The van der Waals surface area contributed by atoms with Gasteiger partial charge >= 0.3 is 0 Å². The van der Waals surface area contributed by atoms with Crippen LogP contribution in [0.3, 0.4) is 0 Å². The number of H-pyrrole nitrogens is 1. The van der Waals surface area contributed by atoms with Crippen molar-refractivity contribution in [2.45, 2.75) is 38.1 Å². The molecule has 0 saturated heterocycles. The number of carbonyl (C=O) groups excluding carboxylic acids is 1. The van der Waals surface area contributed by atoms with Crippen molar-refractivity contribution in [1.82, 2.24) is 24.7 Å². The van der Waals surface area contributed by atoms with E-state index in [9.17, 15) is 4.79 Å². The van der Waals surface area contributed by atoms with Gasteiger partial charge in [0.2, 0.25) is 0 Å². The third-order valence-corrected chi connectivity index (χ3v) is 8.68. The van der Waals surface area contributed by atoms with Crippen LogP contribution in [0.4, 0.5) is 0 Å². The zero-order chi connectivity index (χ0) is 27.3. The number of hydrogen-bond acceptors (Lipinski definition) is 4. The van der Waals surface area contributed by atoms with E-state index in [4.69, 9.17) is 4.98 Å². The van der Waals surface area contributed by atoms with E-state index in [2.05, 4.69) is 47.0 Å². The van der Waals surface area contributed by atoms with Crippen molar-refractivity contribution in [2.75, 3.05) is 47.8 Å². The number of hydrogen-bond donors (Lipinski definition) is 1. The maximum absolute atomic E-state index is 12.9. The topological polar surface area (TPSA) is 55.5 Å². The number of amides is 1. The predicted molar refractivity (Wildman–Crippen MR) is 159 cm³/mol. The average Bonchev–Trinajstić information content (AvgIpc) is 3.34. The molecule has 202 valence electrons. The van der Waals surface area contributed by atoms with E-state index in [1.807, 2.05) is 57.8 Å². The first-order valence-corrected chi connectivity index (χ1v) is 14.0. The second-order valence-corrected chi connectivity index (χ2v) is 12.2. The molecule has 1 atom stereocenters. The lowest BCUT2D eigenvalue weighted by molar-refractivity contribution is 0.0786. The molecule has 0 radical (unpaired) electrons. The van der Waals surface area contributed by atoms with Crippen LogP contribution < -0.4 is 0 Å². The van der Waals surface area contributed by atoms with E-state index in [-0.39, 0.29) is 11.3 Å². The van der Waals surface area contributed by atoms with Crippen molar-refractivity contribution in [3.05, 3.63) is 77.1 Å². The molecule has 1 N–H and O–H groups in total. The van der Waals surface area contributed by atoms with Crippen LogP contribution in [0, 0.1) is 0 Å². The molecule has 1 amide bonds. The molecule has 2 aliphatic rings. The fourth-order valence-corrected chi connectivity index (χ4v) is 6.79. The van der Waals surface area contributed by atoms with Gasteiger partial charge in [-0.05, 0) is 92.5 Å². The smallest absolute Gasteiger partial charge is 0.253 e. The van der Waals surface area contributed by atoms with Crippen LogP contribution in [0.5, 0.6) is 0 Å². The minimum absolute atomic E-state index is 0.0457. The van der Waals surface area contributed by atoms with Crippen LogP contribution in [-0.2, 0) is 18.4 Å². The second kappa shape index (κ2) is 9.92. The summed E-state index contributed by atoms with van der Waals surface area (Å²) in [5, 5.41) is 1.10. The second-order valence-electron chi connectivity index (χ2n) is 12.2. The molecule has 1 unspecified atom stereocenters. The van der Waals surface area contributed by atoms with Crippen molar-refractivity contribution < 1.29 is 4.79 Å². The Balaban J connectivity index is 1.32. The Labute approximate surface area is 231 Å². The van der Waals surface area contributed by atoms with Gasteiger partial charge in [0.25, 0.3) is 5.91 Å². The molecular weight excluding hydrogens is 482 g/mol. The number of aryl methyl sites for hydroxylation is 1. The van der Waals surface area contributed by atoms with Gasteiger partial charge in [-0.1, -0.05) is 25.1 Å². The first kappa shape index (κ1) is 25.8. The molecule has 1 aliphatic heterocycles. The van der Waals surface area contributed by atoms with E-state index >= 15 is 0 Å². The van der Waals surface area contributed by atoms with Crippen molar-refractivity contribution >= 4 is 16.9 Å². The molecule has 39 heavy (non-hydrogen) atoms. The van der Waals surface area contributed by atoms with Crippen molar-refractivity contribution in [2.24, 2.45) is 0 Å². The van der Waals surface area contributed by atoms with Crippen molar-refractivity contribution in [1.29, 1.82) is 0 Å². The lowest BCUT2D eigenvalue weighted by Crippen LogP contribution is -2.44. The molecule has 6 heteroatoms. The highest BCUT2D eigenvalue weighted by atomic mass is 16.2. The highest BCUT2D eigenvalue weighted by Gasteiger charge is 2.38. The Morgan fingerprint density at radius 1 is 1.03 bits per heavy atom. The molecule has 0 bridgehead atoms. The molecule has 0 spiro atoms. The van der Waals surface area contributed by atoms with Gasteiger partial charge in [0.1, 0.15) is 5.65 Å². The first-order chi connectivity index (χ1) is 18.7. The Morgan fingerprint density at radius 3 is 2.56 bits per heavy atom. The van der Waals surface area contributed by atoms with Crippen LogP contribution in [0.25, 0.3) is 33.3 Å². The Bertz CT molecular complexity index is 1540. The molecule has 6 rings (SSSR count). The SMILES string of the molecule is CN(C)CCN(C)C(=O)c1ccc(-c2c[nH]c3ncc(-c4cc5c6c(c4)CN(C)CC6(C)CCC5)cc23)cc1. The van der Waals surface area contributed by atoms with Crippen LogP contribution in [-0.4, -0.2) is 78.4 Å². The summed E-state index contributed by atoms with van der Waals surface area (Å²) in [5.74, 6) is 0.0457. The maximum atomic E-state index is 12.9. The third-order valence-electron chi connectivity index (χ3n) is 8.68. The number of aromatic nitrogens is 2. The number of rotatable bonds is 6. The highest BCUT2D eigenvalue weighted by molar-refractivity contribution is 5.98. The standard InChI is InChI=1S/C33H39N5O/c1-33-12-6-7-24-15-25(16-27(30(24)33)20-37(4)21-33)26-17-28-29(19-35-31(28)34-18-26)22-8-10-23(11-9-22)32(39)38(5)14-13-36(2)3/h8-11,15-19H,6-7,12-14,20-21H2,1-5H3,(H,34,35). The molecule has 1 aliphatic carbocycles. The number of pyridine rings is 1. The van der Waals surface area contributed by atoms with Crippen molar-refractivity contribution in [3.63, 3.8) is 0 Å². The average molecular weight is 522 g/mol. The summed E-state index contributed by atoms with van der Waals surface area (Å²) < 4.78 is 0. The molecular formula is C33H39N5O. The van der Waals surface area contributed by atoms with Gasteiger partial charge in [-0.15, -0.1) is 0 Å². The number of aromatic amines is 1. The zero-order valence-electron chi connectivity index (χ0n) is 23.8. The normalized spacial score (nSPS) is 18.9. The molecule has 4 aromatic rings. The van der Waals surface area contributed by atoms with E-state index in [0.29, 0.717) is 12.1 Å². The number of fused-ring (bicyclic) bond motifs is 1. The summed E-state index contributed by atoms with van der Waals surface area (Å²) in [6.07, 6.45) is 7.71. The summed E-state index contributed by atoms with van der Waals surface area (Å²) in [7, 11) is 8.14. The maximum Gasteiger partial charge on any atom is 0.253 e. The van der Waals surface area contributed by atoms with E-state index < -0.39 is 0 Å². The first-order valence-electron chi connectivity index (χ1n) is 14.0. The summed E-state index contributed by atoms with van der Waals surface area (Å²) in [6, 6.07) is 15.0.